The van der Waals surface area contributed by atoms with Crippen LogP contribution in [0.25, 0.3) is 0 Å². The molecule has 0 saturated carbocycles. The van der Waals surface area contributed by atoms with E-state index in [9.17, 15) is 4.79 Å². The van der Waals surface area contributed by atoms with Gasteiger partial charge in [0.25, 0.3) is 0 Å². The Morgan fingerprint density at radius 2 is 1.63 bits per heavy atom. The van der Waals surface area contributed by atoms with Crippen molar-refractivity contribution in [2.75, 3.05) is 6.61 Å². The van der Waals surface area contributed by atoms with Crippen LogP contribution in [0, 0.1) is 5.41 Å². The van der Waals surface area contributed by atoms with Crippen LogP contribution in [0.2, 0.25) is 0 Å². The summed E-state index contributed by atoms with van der Waals surface area (Å²) in [6.07, 6.45) is 0.104. The maximum Gasteiger partial charge on any atom is 0.304 e. The molecule has 0 heterocycles. The van der Waals surface area contributed by atoms with Crippen molar-refractivity contribution >= 4 is 5.97 Å². The van der Waals surface area contributed by atoms with Crippen LogP contribution in [0.1, 0.15) is 46.6 Å². The Balaban J connectivity index is 2.62. The second kappa shape index (κ2) is 5.64. The van der Waals surface area contributed by atoms with Gasteiger partial charge in [-0.25, -0.2) is 0 Å². The molecule has 0 fully saturated rings. The summed E-state index contributed by atoms with van der Waals surface area (Å²) >= 11 is 0. The van der Waals surface area contributed by atoms with Crippen LogP contribution in [0.3, 0.4) is 0 Å². The molecule has 0 aromatic heterocycles. The van der Waals surface area contributed by atoms with E-state index >= 15 is 0 Å². The number of benzene rings is 1. The lowest BCUT2D eigenvalue weighted by molar-refractivity contribution is -0.139. The fourth-order valence-corrected chi connectivity index (χ4v) is 1.79. The summed E-state index contributed by atoms with van der Waals surface area (Å²) in [6, 6.07) is 7.99. The van der Waals surface area contributed by atoms with E-state index in [-0.39, 0.29) is 17.3 Å². The molecule has 0 radical (unpaired) electrons. The number of hydrogen-bond donors (Lipinski definition) is 1. The Hall–Kier alpha value is -1.51. The first-order valence-electron chi connectivity index (χ1n) is 6.55. The molecular formula is C16H24O3. The molecule has 0 bridgehead atoms. The number of rotatable bonds is 5. The van der Waals surface area contributed by atoms with Gasteiger partial charge >= 0.3 is 5.97 Å². The molecule has 1 rings (SSSR count). The largest absolute Gasteiger partial charge is 0.493 e. The molecule has 0 aliphatic heterocycles. The minimum atomic E-state index is -0.795. The lowest BCUT2D eigenvalue weighted by atomic mass is 9.87. The molecule has 1 N–H and O–H groups in total. The topological polar surface area (TPSA) is 46.5 Å². The normalized spacial score (nSPS) is 12.3. The molecule has 1 aromatic carbocycles. The van der Waals surface area contributed by atoms with Crippen molar-refractivity contribution in [2.24, 2.45) is 5.41 Å². The average molecular weight is 264 g/mol. The smallest absolute Gasteiger partial charge is 0.304 e. The number of carbonyl (C=O) groups is 1. The summed E-state index contributed by atoms with van der Waals surface area (Å²) < 4.78 is 5.68. The lowest BCUT2D eigenvalue weighted by Crippen LogP contribution is -2.24. The SMILES string of the molecule is CC(C)(COc1ccc(C(C)(C)C)cc1)CC(=O)O. The van der Waals surface area contributed by atoms with Gasteiger partial charge in [-0.1, -0.05) is 46.8 Å². The van der Waals surface area contributed by atoms with Gasteiger partial charge in [-0.2, -0.15) is 0 Å². The van der Waals surface area contributed by atoms with Gasteiger partial charge in [0, 0.05) is 5.41 Å². The first-order valence-corrected chi connectivity index (χ1v) is 6.55. The number of aliphatic carboxylic acids is 1. The van der Waals surface area contributed by atoms with Crippen molar-refractivity contribution in [1.82, 2.24) is 0 Å². The molecule has 0 saturated heterocycles. The summed E-state index contributed by atoms with van der Waals surface area (Å²) in [4.78, 5) is 10.7. The van der Waals surface area contributed by atoms with E-state index in [0.717, 1.165) is 5.75 Å². The zero-order valence-corrected chi connectivity index (χ0v) is 12.5. The molecule has 0 unspecified atom stereocenters. The predicted molar refractivity (Wildman–Crippen MR) is 76.7 cm³/mol. The highest BCUT2D eigenvalue weighted by Gasteiger charge is 2.23. The van der Waals surface area contributed by atoms with Crippen LogP contribution < -0.4 is 4.74 Å². The fourth-order valence-electron chi connectivity index (χ4n) is 1.79. The summed E-state index contributed by atoms with van der Waals surface area (Å²) in [5, 5.41) is 8.82. The van der Waals surface area contributed by atoms with Crippen LogP contribution in [-0.4, -0.2) is 17.7 Å². The van der Waals surface area contributed by atoms with Crippen LogP contribution in [0.15, 0.2) is 24.3 Å². The molecule has 3 heteroatoms. The third kappa shape index (κ3) is 5.33. The Kier molecular flexibility index (Phi) is 4.61. The van der Waals surface area contributed by atoms with E-state index in [0.29, 0.717) is 6.61 Å². The third-order valence-corrected chi connectivity index (χ3v) is 2.98. The van der Waals surface area contributed by atoms with Crippen LogP contribution in [0.4, 0.5) is 0 Å². The standard InChI is InChI=1S/C16H24O3/c1-15(2,3)12-6-8-13(9-7-12)19-11-16(4,5)10-14(17)18/h6-9H,10-11H2,1-5H3,(H,17,18). The number of carboxylic acid groups (broad SMARTS) is 1. The van der Waals surface area contributed by atoms with Crippen LogP contribution in [0.5, 0.6) is 5.75 Å². The van der Waals surface area contributed by atoms with E-state index in [1.54, 1.807) is 0 Å². The quantitative estimate of drug-likeness (QED) is 0.878. The summed E-state index contributed by atoms with van der Waals surface area (Å²) in [7, 11) is 0. The highest BCUT2D eigenvalue weighted by molar-refractivity contribution is 5.67. The van der Waals surface area contributed by atoms with E-state index < -0.39 is 5.97 Å². The second-order valence-electron chi connectivity index (χ2n) is 6.80. The zero-order chi connectivity index (χ0) is 14.7. The minimum absolute atomic E-state index is 0.104. The first kappa shape index (κ1) is 15.5. The molecule has 0 spiro atoms. The maximum absolute atomic E-state index is 10.7. The highest BCUT2D eigenvalue weighted by Crippen LogP contribution is 2.26. The van der Waals surface area contributed by atoms with Gasteiger partial charge < -0.3 is 9.84 Å². The second-order valence-corrected chi connectivity index (χ2v) is 6.80. The van der Waals surface area contributed by atoms with Crippen LogP contribution in [-0.2, 0) is 10.2 Å². The van der Waals surface area contributed by atoms with Gasteiger partial charge in [0.05, 0.1) is 13.0 Å². The van der Waals surface area contributed by atoms with Gasteiger partial charge in [-0.05, 0) is 23.1 Å². The van der Waals surface area contributed by atoms with Crippen molar-refractivity contribution in [3.05, 3.63) is 29.8 Å². The monoisotopic (exact) mass is 264 g/mol. The highest BCUT2D eigenvalue weighted by atomic mass is 16.5. The van der Waals surface area contributed by atoms with Gasteiger partial charge in [-0.3, -0.25) is 4.79 Å². The van der Waals surface area contributed by atoms with Crippen LogP contribution >= 0.6 is 0 Å². The molecule has 1 aromatic rings. The van der Waals surface area contributed by atoms with E-state index in [2.05, 4.69) is 32.9 Å². The fraction of sp³-hybridized carbons (Fsp3) is 0.562. The van der Waals surface area contributed by atoms with Crippen molar-refractivity contribution in [2.45, 2.75) is 46.5 Å². The van der Waals surface area contributed by atoms with Gasteiger partial charge in [-0.15, -0.1) is 0 Å². The molecule has 19 heavy (non-hydrogen) atoms. The molecule has 0 aliphatic carbocycles. The zero-order valence-electron chi connectivity index (χ0n) is 12.5. The summed E-state index contributed by atoms with van der Waals surface area (Å²) in [6.45, 7) is 10.7. The van der Waals surface area contributed by atoms with E-state index in [1.165, 1.54) is 5.56 Å². The average Bonchev–Trinajstić information content (AvgIpc) is 2.24. The molecule has 0 atom stereocenters. The number of ether oxygens (including phenoxy) is 1. The Morgan fingerprint density at radius 1 is 1.11 bits per heavy atom. The number of hydrogen-bond acceptors (Lipinski definition) is 2. The Labute approximate surface area is 115 Å². The minimum Gasteiger partial charge on any atom is -0.493 e. The first-order chi connectivity index (χ1) is 8.60. The summed E-state index contributed by atoms with van der Waals surface area (Å²) in [5.41, 5.74) is 1.01. The molecule has 3 nitrogen and oxygen atoms in total. The third-order valence-electron chi connectivity index (χ3n) is 2.98. The Morgan fingerprint density at radius 3 is 2.05 bits per heavy atom. The molecule has 106 valence electrons. The molecule has 0 amide bonds. The molecule has 0 aliphatic rings. The predicted octanol–water partition coefficient (Wildman–Crippen LogP) is 3.86. The van der Waals surface area contributed by atoms with Crippen molar-refractivity contribution < 1.29 is 14.6 Å². The summed E-state index contributed by atoms with van der Waals surface area (Å²) in [5.74, 6) is -0.0110. The van der Waals surface area contributed by atoms with Gasteiger partial charge in [0.1, 0.15) is 5.75 Å². The van der Waals surface area contributed by atoms with E-state index in [4.69, 9.17) is 9.84 Å². The van der Waals surface area contributed by atoms with E-state index in [1.807, 2.05) is 26.0 Å². The van der Waals surface area contributed by atoms with Crippen molar-refractivity contribution in [3.63, 3.8) is 0 Å². The molecular weight excluding hydrogens is 240 g/mol. The number of carboxylic acids is 1. The maximum atomic E-state index is 10.7. The Bertz CT molecular complexity index is 424. The van der Waals surface area contributed by atoms with Gasteiger partial charge in [0.15, 0.2) is 0 Å². The lowest BCUT2D eigenvalue weighted by Gasteiger charge is -2.23. The van der Waals surface area contributed by atoms with Gasteiger partial charge in [0.2, 0.25) is 0 Å². The van der Waals surface area contributed by atoms with Crippen molar-refractivity contribution in [1.29, 1.82) is 0 Å². The van der Waals surface area contributed by atoms with Crippen molar-refractivity contribution in [3.8, 4) is 5.75 Å².